The predicted octanol–water partition coefficient (Wildman–Crippen LogP) is 3.45. The van der Waals surface area contributed by atoms with Crippen LogP contribution in [0.15, 0.2) is 46.9 Å². The summed E-state index contributed by atoms with van der Waals surface area (Å²) in [6, 6.07) is 12.9. The quantitative estimate of drug-likeness (QED) is 0.799. The van der Waals surface area contributed by atoms with Crippen LogP contribution in [0, 0.1) is 13.8 Å². The minimum atomic E-state index is -1.08. The topological polar surface area (TPSA) is 68.3 Å². The largest absolute Gasteiger partial charge is 0.475 e. The summed E-state index contributed by atoms with van der Waals surface area (Å²) < 4.78 is 7.22. The number of carboxylic acids is 1. The number of aromatic carboxylic acids is 1. The van der Waals surface area contributed by atoms with Crippen molar-refractivity contribution in [3.8, 4) is 17.0 Å². The SMILES string of the molecule is Cc1nn(-c2ccccc2)c(C)c1-c1ccc(C(=O)O)o1. The lowest BCUT2D eigenvalue weighted by Gasteiger charge is -2.04. The molecule has 21 heavy (non-hydrogen) atoms. The fourth-order valence-corrected chi connectivity index (χ4v) is 2.41. The highest BCUT2D eigenvalue weighted by Gasteiger charge is 2.19. The van der Waals surface area contributed by atoms with Crippen LogP contribution in [0.3, 0.4) is 0 Å². The number of nitrogens with zero attached hydrogens (tertiary/aromatic N) is 2. The first-order valence-electron chi connectivity index (χ1n) is 6.53. The van der Waals surface area contributed by atoms with Gasteiger partial charge in [-0.3, -0.25) is 0 Å². The number of carboxylic acid groups (broad SMARTS) is 1. The second kappa shape index (κ2) is 4.94. The summed E-state index contributed by atoms with van der Waals surface area (Å²) in [7, 11) is 0. The molecule has 3 aromatic rings. The van der Waals surface area contributed by atoms with Gasteiger partial charge in [0.25, 0.3) is 0 Å². The Balaban J connectivity index is 2.12. The molecule has 0 saturated carbocycles. The van der Waals surface area contributed by atoms with Crippen LogP contribution < -0.4 is 0 Å². The molecule has 0 bridgehead atoms. The summed E-state index contributed by atoms with van der Waals surface area (Å²) in [6.07, 6.45) is 0. The zero-order chi connectivity index (χ0) is 15.0. The molecule has 0 amide bonds. The molecule has 3 rings (SSSR count). The van der Waals surface area contributed by atoms with Gasteiger partial charge in [-0.15, -0.1) is 0 Å². The summed E-state index contributed by atoms with van der Waals surface area (Å²) in [5.41, 5.74) is 3.48. The summed E-state index contributed by atoms with van der Waals surface area (Å²) in [5.74, 6) is -0.632. The van der Waals surface area contributed by atoms with Gasteiger partial charge < -0.3 is 9.52 Å². The van der Waals surface area contributed by atoms with E-state index in [2.05, 4.69) is 5.10 Å². The zero-order valence-electron chi connectivity index (χ0n) is 11.7. The van der Waals surface area contributed by atoms with Gasteiger partial charge in [0.05, 0.1) is 22.6 Å². The number of rotatable bonds is 3. The maximum atomic E-state index is 10.9. The molecule has 5 heteroatoms. The first-order valence-corrected chi connectivity index (χ1v) is 6.53. The van der Waals surface area contributed by atoms with E-state index in [0.717, 1.165) is 22.6 Å². The number of aromatic nitrogens is 2. The van der Waals surface area contributed by atoms with Gasteiger partial charge in [-0.05, 0) is 38.1 Å². The van der Waals surface area contributed by atoms with Crippen LogP contribution in [0.4, 0.5) is 0 Å². The average molecular weight is 282 g/mol. The Kier molecular flexibility index (Phi) is 3.10. The van der Waals surface area contributed by atoms with Crippen LogP contribution in [-0.4, -0.2) is 20.9 Å². The molecular weight excluding hydrogens is 268 g/mol. The van der Waals surface area contributed by atoms with Crippen molar-refractivity contribution in [3.63, 3.8) is 0 Å². The van der Waals surface area contributed by atoms with Gasteiger partial charge in [0.15, 0.2) is 0 Å². The lowest BCUT2D eigenvalue weighted by atomic mass is 10.1. The molecule has 0 saturated heterocycles. The smallest absolute Gasteiger partial charge is 0.371 e. The summed E-state index contributed by atoms with van der Waals surface area (Å²) in [4.78, 5) is 10.9. The normalized spacial score (nSPS) is 10.8. The number of furan rings is 1. The first-order chi connectivity index (χ1) is 10.1. The van der Waals surface area contributed by atoms with E-state index in [1.807, 2.05) is 48.9 Å². The molecule has 0 aliphatic heterocycles. The van der Waals surface area contributed by atoms with Crippen molar-refractivity contribution in [2.45, 2.75) is 13.8 Å². The van der Waals surface area contributed by atoms with Crippen molar-refractivity contribution in [1.29, 1.82) is 0 Å². The van der Waals surface area contributed by atoms with Gasteiger partial charge in [0.2, 0.25) is 5.76 Å². The Bertz CT molecular complexity index is 800. The molecule has 5 nitrogen and oxygen atoms in total. The van der Waals surface area contributed by atoms with Gasteiger partial charge in [0.1, 0.15) is 5.76 Å². The number of hydrogen-bond donors (Lipinski definition) is 1. The molecule has 2 aromatic heterocycles. The molecule has 1 N–H and O–H groups in total. The second-order valence-corrected chi connectivity index (χ2v) is 4.76. The first kappa shape index (κ1) is 13.2. The van der Waals surface area contributed by atoms with E-state index in [9.17, 15) is 4.79 Å². The minimum Gasteiger partial charge on any atom is -0.475 e. The van der Waals surface area contributed by atoms with Gasteiger partial charge in [0, 0.05) is 0 Å². The number of aryl methyl sites for hydroxylation is 1. The highest BCUT2D eigenvalue weighted by molar-refractivity contribution is 5.85. The van der Waals surface area contributed by atoms with Gasteiger partial charge in [-0.2, -0.15) is 5.10 Å². The maximum Gasteiger partial charge on any atom is 0.371 e. The van der Waals surface area contributed by atoms with Crippen LogP contribution in [0.2, 0.25) is 0 Å². The molecule has 0 spiro atoms. The van der Waals surface area contributed by atoms with Crippen LogP contribution in [0.5, 0.6) is 0 Å². The van der Waals surface area contributed by atoms with E-state index in [4.69, 9.17) is 9.52 Å². The van der Waals surface area contributed by atoms with E-state index in [1.54, 1.807) is 6.07 Å². The standard InChI is InChI=1S/C16H14N2O3/c1-10-15(13-8-9-14(21-13)16(19)20)11(2)18(17-10)12-6-4-3-5-7-12/h3-9H,1-2H3,(H,19,20). The maximum absolute atomic E-state index is 10.9. The molecule has 2 heterocycles. The van der Waals surface area contributed by atoms with Crippen LogP contribution >= 0.6 is 0 Å². The fourth-order valence-electron chi connectivity index (χ4n) is 2.41. The van der Waals surface area contributed by atoms with Crippen molar-refractivity contribution in [2.24, 2.45) is 0 Å². The summed E-state index contributed by atoms with van der Waals surface area (Å²) in [6.45, 7) is 3.82. The molecule has 1 aromatic carbocycles. The second-order valence-electron chi connectivity index (χ2n) is 4.76. The Labute approximate surface area is 121 Å². The number of para-hydroxylation sites is 1. The van der Waals surface area contributed by atoms with Crippen molar-refractivity contribution in [2.75, 3.05) is 0 Å². The van der Waals surface area contributed by atoms with Gasteiger partial charge >= 0.3 is 5.97 Å². The van der Waals surface area contributed by atoms with Crippen molar-refractivity contribution in [3.05, 3.63) is 59.6 Å². The lowest BCUT2D eigenvalue weighted by Crippen LogP contribution is -1.98. The highest BCUT2D eigenvalue weighted by atomic mass is 16.4. The third-order valence-electron chi connectivity index (χ3n) is 3.36. The monoisotopic (exact) mass is 282 g/mol. The van der Waals surface area contributed by atoms with E-state index in [1.165, 1.54) is 6.07 Å². The summed E-state index contributed by atoms with van der Waals surface area (Å²) in [5, 5.41) is 13.5. The predicted molar refractivity (Wildman–Crippen MR) is 77.7 cm³/mol. The molecule has 0 aliphatic carbocycles. The number of hydrogen-bond acceptors (Lipinski definition) is 3. The Morgan fingerprint density at radius 3 is 2.48 bits per heavy atom. The highest BCUT2D eigenvalue weighted by Crippen LogP contribution is 2.30. The molecule has 0 unspecified atom stereocenters. The van der Waals surface area contributed by atoms with Crippen LogP contribution in [0.1, 0.15) is 21.9 Å². The average Bonchev–Trinajstić information content (AvgIpc) is 3.05. The Morgan fingerprint density at radius 2 is 1.86 bits per heavy atom. The van der Waals surface area contributed by atoms with Crippen molar-refractivity contribution >= 4 is 5.97 Å². The molecule has 106 valence electrons. The fraction of sp³-hybridized carbons (Fsp3) is 0.125. The van der Waals surface area contributed by atoms with Gasteiger partial charge in [-0.25, -0.2) is 9.48 Å². The lowest BCUT2D eigenvalue weighted by molar-refractivity contribution is 0.0663. The number of carbonyl (C=O) groups is 1. The third kappa shape index (κ3) is 2.23. The number of benzene rings is 1. The third-order valence-corrected chi connectivity index (χ3v) is 3.36. The van der Waals surface area contributed by atoms with Crippen LogP contribution in [0.25, 0.3) is 17.0 Å². The molecular formula is C16H14N2O3. The Morgan fingerprint density at radius 1 is 1.14 bits per heavy atom. The van der Waals surface area contributed by atoms with Crippen molar-refractivity contribution in [1.82, 2.24) is 9.78 Å². The van der Waals surface area contributed by atoms with E-state index in [-0.39, 0.29) is 5.76 Å². The molecule has 0 aliphatic rings. The van der Waals surface area contributed by atoms with E-state index < -0.39 is 5.97 Å². The van der Waals surface area contributed by atoms with E-state index >= 15 is 0 Å². The summed E-state index contributed by atoms with van der Waals surface area (Å²) >= 11 is 0. The minimum absolute atomic E-state index is 0.0729. The van der Waals surface area contributed by atoms with E-state index in [0.29, 0.717) is 5.76 Å². The van der Waals surface area contributed by atoms with Gasteiger partial charge in [-0.1, -0.05) is 18.2 Å². The molecule has 0 fully saturated rings. The van der Waals surface area contributed by atoms with Crippen molar-refractivity contribution < 1.29 is 14.3 Å². The Hall–Kier alpha value is -2.82. The zero-order valence-corrected chi connectivity index (χ0v) is 11.7. The molecule has 0 radical (unpaired) electrons. The molecule has 0 atom stereocenters. The van der Waals surface area contributed by atoms with Crippen LogP contribution in [-0.2, 0) is 0 Å².